The number of morpholine rings is 1. The second-order valence-corrected chi connectivity index (χ2v) is 8.46. The van der Waals surface area contributed by atoms with Crippen molar-refractivity contribution in [1.82, 2.24) is 9.91 Å². The number of hydrogen-bond acceptors (Lipinski definition) is 6. The first-order chi connectivity index (χ1) is 15.5. The van der Waals surface area contributed by atoms with Crippen LogP contribution in [0.5, 0.6) is 11.5 Å². The monoisotopic (exact) mass is 437 g/mol. The summed E-state index contributed by atoms with van der Waals surface area (Å²) >= 11 is 0. The van der Waals surface area contributed by atoms with Gasteiger partial charge in [-0.3, -0.25) is 9.69 Å². The Labute approximate surface area is 189 Å². The lowest BCUT2D eigenvalue weighted by atomic mass is 9.98. The van der Waals surface area contributed by atoms with Crippen LogP contribution in [-0.4, -0.2) is 67.6 Å². The van der Waals surface area contributed by atoms with Gasteiger partial charge in [0.2, 0.25) is 0 Å². The van der Waals surface area contributed by atoms with Gasteiger partial charge in [-0.15, -0.1) is 0 Å². The minimum absolute atomic E-state index is 0.00925. The predicted octanol–water partition coefficient (Wildman–Crippen LogP) is 3.49. The number of nitrogens with zero attached hydrogens (tertiary/aromatic N) is 3. The molecule has 4 rings (SSSR count). The molecule has 1 saturated heterocycles. The number of hydrazone groups is 1. The fraction of sp³-hybridized carbons (Fsp3) is 0.440. The van der Waals surface area contributed by atoms with Crippen molar-refractivity contribution in [3.8, 4) is 11.5 Å². The van der Waals surface area contributed by atoms with Crippen molar-refractivity contribution in [2.75, 3.05) is 33.9 Å². The van der Waals surface area contributed by atoms with Crippen molar-refractivity contribution < 1.29 is 19.0 Å². The lowest BCUT2D eigenvalue weighted by Crippen LogP contribution is -2.49. The Balaban J connectivity index is 1.60. The standard InChI is InChI=1S/C25H31N3O4/c1-17-14-27(15-18(2)32-17)16-25(29)28-24(19-8-10-21(30-3)11-9-19)13-23(26-28)20-6-5-7-22(12-20)31-4/h5-12,17-18,24H,13-16H2,1-4H3. The van der Waals surface area contributed by atoms with Crippen LogP contribution in [-0.2, 0) is 9.53 Å². The molecule has 2 aromatic rings. The van der Waals surface area contributed by atoms with Crippen molar-refractivity contribution in [2.45, 2.75) is 38.5 Å². The van der Waals surface area contributed by atoms with Gasteiger partial charge in [-0.1, -0.05) is 24.3 Å². The number of carbonyl (C=O) groups is 1. The third kappa shape index (κ3) is 4.95. The second kappa shape index (κ2) is 9.71. The number of benzene rings is 2. The molecule has 0 aliphatic carbocycles. The van der Waals surface area contributed by atoms with E-state index in [2.05, 4.69) is 4.90 Å². The van der Waals surface area contributed by atoms with Crippen LogP contribution in [0.15, 0.2) is 53.6 Å². The van der Waals surface area contributed by atoms with Crippen LogP contribution < -0.4 is 9.47 Å². The van der Waals surface area contributed by atoms with E-state index in [-0.39, 0.29) is 24.2 Å². The van der Waals surface area contributed by atoms with Crippen LogP contribution in [0.25, 0.3) is 0 Å². The van der Waals surface area contributed by atoms with Crippen LogP contribution in [0.4, 0.5) is 0 Å². The average molecular weight is 438 g/mol. The molecule has 3 unspecified atom stereocenters. The number of rotatable bonds is 6. The molecule has 2 aromatic carbocycles. The molecule has 0 bridgehead atoms. The molecule has 0 aromatic heterocycles. The maximum Gasteiger partial charge on any atom is 0.257 e. The highest BCUT2D eigenvalue weighted by atomic mass is 16.5. The largest absolute Gasteiger partial charge is 0.497 e. The summed E-state index contributed by atoms with van der Waals surface area (Å²) in [5, 5.41) is 6.45. The van der Waals surface area contributed by atoms with Gasteiger partial charge in [0, 0.05) is 25.1 Å². The number of carbonyl (C=O) groups excluding carboxylic acids is 1. The summed E-state index contributed by atoms with van der Waals surface area (Å²) in [6.07, 6.45) is 0.859. The molecule has 0 spiro atoms. The number of ether oxygens (including phenoxy) is 3. The van der Waals surface area contributed by atoms with Crippen LogP contribution in [0, 0.1) is 0 Å². The quantitative estimate of drug-likeness (QED) is 0.692. The molecule has 7 nitrogen and oxygen atoms in total. The normalized spacial score (nSPS) is 23.7. The summed E-state index contributed by atoms with van der Waals surface area (Å²) < 4.78 is 16.5. The molecule has 3 atom stereocenters. The molecule has 1 fully saturated rings. The summed E-state index contributed by atoms with van der Waals surface area (Å²) in [6.45, 7) is 5.89. The summed E-state index contributed by atoms with van der Waals surface area (Å²) in [5.74, 6) is 1.55. The Kier molecular flexibility index (Phi) is 6.77. The van der Waals surface area contributed by atoms with Crippen molar-refractivity contribution in [3.63, 3.8) is 0 Å². The fourth-order valence-corrected chi connectivity index (χ4v) is 4.48. The minimum Gasteiger partial charge on any atom is -0.497 e. The van der Waals surface area contributed by atoms with Crippen LogP contribution in [0.2, 0.25) is 0 Å². The molecule has 32 heavy (non-hydrogen) atoms. The molecular weight excluding hydrogens is 406 g/mol. The number of methoxy groups -OCH3 is 2. The summed E-state index contributed by atoms with van der Waals surface area (Å²) in [6, 6.07) is 15.5. The molecular formula is C25H31N3O4. The lowest BCUT2D eigenvalue weighted by molar-refractivity contribution is -0.137. The Hall–Kier alpha value is -2.90. The Morgan fingerprint density at radius 3 is 2.38 bits per heavy atom. The first-order valence-corrected chi connectivity index (χ1v) is 11.0. The van der Waals surface area contributed by atoms with Crippen molar-refractivity contribution in [2.24, 2.45) is 5.10 Å². The second-order valence-electron chi connectivity index (χ2n) is 8.46. The third-order valence-electron chi connectivity index (χ3n) is 5.92. The fourth-order valence-electron chi connectivity index (χ4n) is 4.48. The van der Waals surface area contributed by atoms with Gasteiger partial charge in [-0.25, -0.2) is 5.01 Å². The van der Waals surface area contributed by atoms with E-state index < -0.39 is 0 Å². The van der Waals surface area contributed by atoms with Crippen molar-refractivity contribution in [3.05, 3.63) is 59.7 Å². The molecule has 7 heteroatoms. The number of hydrogen-bond donors (Lipinski definition) is 0. The lowest BCUT2D eigenvalue weighted by Gasteiger charge is -2.35. The smallest absolute Gasteiger partial charge is 0.257 e. The van der Waals surface area contributed by atoms with Crippen LogP contribution in [0.3, 0.4) is 0 Å². The predicted molar refractivity (Wildman–Crippen MR) is 123 cm³/mol. The average Bonchev–Trinajstić information content (AvgIpc) is 3.24. The van der Waals surface area contributed by atoms with Gasteiger partial charge in [-0.05, 0) is 43.7 Å². The van der Waals surface area contributed by atoms with Crippen molar-refractivity contribution >= 4 is 11.6 Å². The molecule has 0 N–H and O–H groups in total. The SMILES string of the molecule is COc1ccc(C2CC(c3cccc(OC)c3)=NN2C(=O)CN2CC(C)OC(C)C2)cc1. The minimum atomic E-state index is -0.162. The zero-order chi connectivity index (χ0) is 22.7. The highest BCUT2D eigenvalue weighted by molar-refractivity contribution is 6.03. The van der Waals surface area contributed by atoms with Gasteiger partial charge in [-0.2, -0.15) is 5.10 Å². The van der Waals surface area contributed by atoms with Gasteiger partial charge in [0.05, 0.1) is 44.7 Å². The molecule has 2 heterocycles. The van der Waals surface area contributed by atoms with E-state index in [1.54, 1.807) is 19.2 Å². The van der Waals surface area contributed by atoms with E-state index in [4.69, 9.17) is 19.3 Å². The summed E-state index contributed by atoms with van der Waals surface area (Å²) in [4.78, 5) is 15.6. The van der Waals surface area contributed by atoms with E-state index in [0.717, 1.165) is 41.4 Å². The highest BCUT2D eigenvalue weighted by Crippen LogP contribution is 2.34. The van der Waals surface area contributed by atoms with Gasteiger partial charge < -0.3 is 14.2 Å². The Morgan fingerprint density at radius 1 is 1.03 bits per heavy atom. The van der Waals surface area contributed by atoms with Crippen LogP contribution >= 0.6 is 0 Å². The maximum absolute atomic E-state index is 13.4. The molecule has 1 amide bonds. The third-order valence-corrected chi connectivity index (χ3v) is 5.92. The molecule has 0 saturated carbocycles. The summed E-state index contributed by atoms with van der Waals surface area (Å²) in [5.41, 5.74) is 2.87. The molecule has 2 aliphatic heterocycles. The zero-order valence-electron chi connectivity index (χ0n) is 19.2. The molecule has 170 valence electrons. The van der Waals surface area contributed by atoms with Gasteiger partial charge in [0.15, 0.2) is 0 Å². The topological polar surface area (TPSA) is 63.6 Å². The van der Waals surface area contributed by atoms with Gasteiger partial charge >= 0.3 is 0 Å². The van der Waals surface area contributed by atoms with E-state index in [1.807, 2.05) is 62.4 Å². The van der Waals surface area contributed by atoms with Gasteiger partial charge in [0.25, 0.3) is 5.91 Å². The molecule has 0 radical (unpaired) electrons. The van der Waals surface area contributed by atoms with Crippen molar-refractivity contribution in [1.29, 1.82) is 0 Å². The first-order valence-electron chi connectivity index (χ1n) is 11.0. The Bertz CT molecular complexity index is 965. The molecule has 2 aliphatic rings. The van der Waals surface area contributed by atoms with E-state index in [9.17, 15) is 4.79 Å². The van der Waals surface area contributed by atoms with Gasteiger partial charge in [0.1, 0.15) is 11.5 Å². The zero-order valence-corrected chi connectivity index (χ0v) is 19.2. The Morgan fingerprint density at radius 2 is 1.72 bits per heavy atom. The van der Waals surface area contributed by atoms with E-state index >= 15 is 0 Å². The first kappa shape index (κ1) is 22.3. The van der Waals surface area contributed by atoms with Crippen LogP contribution in [0.1, 0.15) is 37.4 Å². The van der Waals surface area contributed by atoms with E-state index in [0.29, 0.717) is 13.0 Å². The number of amides is 1. The maximum atomic E-state index is 13.4. The highest BCUT2D eigenvalue weighted by Gasteiger charge is 2.35. The van der Waals surface area contributed by atoms with E-state index in [1.165, 1.54) is 0 Å². The summed E-state index contributed by atoms with van der Waals surface area (Å²) in [7, 11) is 3.30.